The molecule has 112 heavy (non-hydrogen) atoms. The lowest BCUT2D eigenvalue weighted by atomic mass is 9.82. The van der Waals surface area contributed by atoms with Gasteiger partial charge in [-0.1, -0.05) is 114 Å². The van der Waals surface area contributed by atoms with Crippen LogP contribution in [0.15, 0.2) is 97.6 Å². The number of aromatic amines is 4. The van der Waals surface area contributed by atoms with Crippen LogP contribution in [0.5, 0.6) is 0 Å². The van der Waals surface area contributed by atoms with Gasteiger partial charge in [0.1, 0.15) is 35.4 Å². The lowest BCUT2D eigenvalue weighted by Crippen LogP contribution is -2.52. The lowest BCUT2D eigenvalue weighted by molar-refractivity contribution is -0.151. The van der Waals surface area contributed by atoms with E-state index in [0.29, 0.717) is 47.8 Å². The van der Waals surface area contributed by atoms with E-state index >= 15 is 0 Å². The first-order chi connectivity index (χ1) is 53.9. The molecule has 8 aliphatic rings. The van der Waals surface area contributed by atoms with Crippen LogP contribution in [0, 0.1) is 23.7 Å². The number of H-pyrrole nitrogens is 4. The highest BCUT2D eigenvalue weighted by molar-refractivity contribution is 5.88. The molecular formula is C88H112N14O10. The predicted octanol–water partition coefficient (Wildman–Crippen LogP) is 16.4. The molecule has 4 aliphatic heterocycles. The highest BCUT2D eigenvalue weighted by atomic mass is 16.5. The number of aliphatic carboxylic acids is 1. The van der Waals surface area contributed by atoms with Crippen molar-refractivity contribution in [3.63, 3.8) is 0 Å². The summed E-state index contributed by atoms with van der Waals surface area (Å²) in [6.07, 6.45) is 21.9. The van der Waals surface area contributed by atoms with Crippen LogP contribution in [0.2, 0.25) is 0 Å². The minimum atomic E-state index is -0.949. The Balaban J connectivity index is 0.000000173. The van der Waals surface area contributed by atoms with Crippen molar-refractivity contribution in [2.75, 3.05) is 21.3 Å². The number of alkyl carbamates (subject to hydrolysis) is 2. The van der Waals surface area contributed by atoms with Gasteiger partial charge in [0, 0.05) is 35.3 Å². The monoisotopic (exact) mass is 1520 g/mol. The summed E-state index contributed by atoms with van der Waals surface area (Å²) in [5, 5.41) is 21.5. The van der Waals surface area contributed by atoms with E-state index in [2.05, 4.69) is 146 Å². The van der Waals surface area contributed by atoms with Crippen LogP contribution in [0.3, 0.4) is 0 Å². The van der Waals surface area contributed by atoms with Gasteiger partial charge in [-0.05, 0) is 215 Å². The minimum Gasteiger partial charge on any atom is -0.481 e. The SMILES string of the molecule is COC(=O)C[C@H](C(=O)O)C(C)C.COC(=O)N[C@H](C(=O)N1C(c2ncc(-c3ccc(-c4ccc(-c5cnc([C@@H]6CC[C@H](C)N6C(=O)[C@@H](NC(=O)OC)C(C)C)[nH]5)cc4)c4c3C3CCC4C3)[nH]2)CC[C@@H]1C)C(C)C.C[C@H]1CCC(c2ncc(-c3ccc(-c4ccc(-c5cnc([C@@H]6CC[C@H](C)N6)[nH]5)cc4)c4c3C3CCC4C3)[nH]2)N1. The number of nitrogens with one attached hydrogen (secondary N) is 8. The number of hydrogen-bond donors (Lipinski definition) is 9. The van der Waals surface area contributed by atoms with Crippen molar-refractivity contribution in [1.29, 1.82) is 0 Å². The van der Waals surface area contributed by atoms with Crippen molar-refractivity contribution in [3.8, 4) is 67.3 Å². The fraction of sp³-hybridized carbons (Fsp3) is 0.523. The Kier molecular flexibility index (Phi) is 23.5. The van der Waals surface area contributed by atoms with Gasteiger partial charge < -0.3 is 70.3 Å². The third-order valence-electron chi connectivity index (χ3n) is 25.5. The second-order valence-corrected chi connectivity index (χ2v) is 33.7. The third-order valence-corrected chi connectivity index (χ3v) is 25.5. The lowest BCUT2D eigenvalue weighted by Gasteiger charge is -2.33. The average molecular weight is 1530 g/mol. The normalized spacial score (nSPS) is 24.6. The molecule has 6 fully saturated rings. The zero-order valence-corrected chi connectivity index (χ0v) is 67.0. The number of rotatable bonds is 20. The molecule has 15 atom stereocenters. The first-order valence-corrected chi connectivity index (χ1v) is 40.8. The number of benzene rings is 4. The molecule has 24 nitrogen and oxygen atoms in total. The number of esters is 1. The Hall–Kier alpha value is -9.94. The summed E-state index contributed by atoms with van der Waals surface area (Å²) < 4.78 is 14.0. The predicted molar refractivity (Wildman–Crippen MR) is 429 cm³/mol. The fourth-order valence-electron chi connectivity index (χ4n) is 19.4. The number of methoxy groups -OCH3 is 3. The van der Waals surface area contributed by atoms with Gasteiger partial charge in [0.05, 0.1) is 105 Å². The Bertz CT molecular complexity index is 4730. The Morgan fingerprint density at radius 1 is 0.429 bits per heavy atom. The summed E-state index contributed by atoms with van der Waals surface area (Å²) in [5.74, 6) is 3.39. The number of carbonyl (C=O) groups is 6. The van der Waals surface area contributed by atoms with Gasteiger partial charge in [-0.15, -0.1) is 0 Å². The first kappa shape index (κ1) is 78.7. The van der Waals surface area contributed by atoms with Gasteiger partial charge in [0.25, 0.3) is 0 Å². The number of amides is 4. The third kappa shape index (κ3) is 16.0. The number of nitrogens with zero attached hydrogens (tertiary/aromatic N) is 6. The molecule has 4 saturated heterocycles. The van der Waals surface area contributed by atoms with E-state index in [4.69, 9.17) is 34.5 Å². The molecule has 4 aromatic carbocycles. The highest BCUT2D eigenvalue weighted by Crippen LogP contribution is 2.60. The van der Waals surface area contributed by atoms with Gasteiger partial charge >= 0.3 is 24.1 Å². The summed E-state index contributed by atoms with van der Waals surface area (Å²) in [7, 11) is 3.86. The van der Waals surface area contributed by atoms with Crippen LogP contribution in [0.4, 0.5) is 9.59 Å². The largest absolute Gasteiger partial charge is 0.481 e. The van der Waals surface area contributed by atoms with Crippen molar-refractivity contribution in [3.05, 3.63) is 143 Å². The van der Waals surface area contributed by atoms with Gasteiger partial charge in [0.15, 0.2) is 0 Å². The number of aromatic nitrogens is 8. The Morgan fingerprint density at radius 3 is 1.13 bits per heavy atom. The van der Waals surface area contributed by atoms with E-state index in [1.54, 1.807) is 25.0 Å². The van der Waals surface area contributed by atoms with E-state index in [1.807, 2.05) is 63.0 Å². The number of ether oxygens (including phenoxy) is 3. The maximum atomic E-state index is 14.0. The quantitative estimate of drug-likeness (QED) is 0.0253. The van der Waals surface area contributed by atoms with Crippen LogP contribution in [0.1, 0.15) is 259 Å². The zero-order chi connectivity index (χ0) is 79.1. The van der Waals surface area contributed by atoms with Gasteiger partial charge in [-0.25, -0.2) is 29.5 Å². The summed E-state index contributed by atoms with van der Waals surface area (Å²) in [4.78, 5) is 111. The number of hydrogen-bond acceptors (Lipinski definition) is 15. The average Bonchev–Trinajstić information content (AvgIpc) is 1.58. The molecule has 4 amide bonds. The summed E-state index contributed by atoms with van der Waals surface area (Å²) in [5.41, 5.74) is 20.0. The molecule has 6 unspecified atom stereocenters. The highest BCUT2D eigenvalue weighted by Gasteiger charge is 2.46. The zero-order valence-electron chi connectivity index (χ0n) is 67.0. The molecule has 4 aliphatic carbocycles. The van der Waals surface area contributed by atoms with E-state index in [9.17, 15) is 28.8 Å². The minimum absolute atomic E-state index is 0.00252. The van der Waals surface area contributed by atoms with E-state index in [-0.39, 0.29) is 60.2 Å². The number of likely N-dealkylation sites (tertiary alicyclic amines) is 2. The number of carboxylic acids is 1. The number of carboxylic acid groups (broad SMARTS) is 1. The second kappa shape index (κ2) is 33.4. The topological polar surface area (TPSA) is 320 Å². The fourth-order valence-corrected chi connectivity index (χ4v) is 19.4. The first-order valence-electron chi connectivity index (χ1n) is 40.8. The number of carbonyl (C=O) groups excluding carboxylic acids is 5. The van der Waals surface area contributed by atoms with Crippen LogP contribution in [-0.4, -0.2) is 148 Å². The van der Waals surface area contributed by atoms with Crippen LogP contribution < -0.4 is 21.3 Å². The molecule has 16 rings (SSSR count). The van der Waals surface area contributed by atoms with Crippen LogP contribution in [-0.2, 0) is 33.4 Å². The molecule has 9 N–H and O–H groups in total. The smallest absolute Gasteiger partial charge is 0.407 e. The second-order valence-electron chi connectivity index (χ2n) is 33.7. The molecule has 594 valence electrons. The molecule has 4 bridgehead atoms. The molecule has 2 saturated carbocycles. The van der Waals surface area contributed by atoms with Crippen molar-refractivity contribution in [2.24, 2.45) is 23.7 Å². The van der Waals surface area contributed by atoms with Gasteiger partial charge in [-0.3, -0.25) is 19.2 Å². The summed E-state index contributed by atoms with van der Waals surface area (Å²) in [6.45, 7) is 19.8. The number of imidazole rings is 4. The number of fused-ring (bicyclic) bond motifs is 10. The van der Waals surface area contributed by atoms with E-state index in [1.165, 1.54) is 116 Å². The Morgan fingerprint density at radius 2 is 0.777 bits per heavy atom. The van der Waals surface area contributed by atoms with Gasteiger partial charge in [-0.2, -0.15) is 0 Å². The molecule has 0 spiro atoms. The molecular weight excluding hydrogens is 1410 g/mol. The molecule has 0 radical (unpaired) electrons. The van der Waals surface area contributed by atoms with Crippen LogP contribution >= 0.6 is 0 Å². The van der Waals surface area contributed by atoms with E-state index < -0.39 is 42.1 Å². The molecule has 8 heterocycles. The van der Waals surface area contributed by atoms with Crippen molar-refractivity contribution < 1.29 is 48.1 Å². The van der Waals surface area contributed by atoms with Crippen molar-refractivity contribution >= 4 is 35.9 Å². The maximum Gasteiger partial charge on any atom is 0.407 e. The summed E-state index contributed by atoms with van der Waals surface area (Å²) >= 11 is 0. The maximum absolute atomic E-state index is 14.0. The standard InChI is InChI=1S/C47H60N8O6.C33H38N6.C8H14O4/c1-24(2)40(52-46(58)60-7)44(56)54-26(5)9-19-36(54)42-48-22-34(50-42)29-13-11-28(12-14-29)32-17-18-33(39-31-16-15-30(21-31)38(32)39)35-23-49-43(51-35)37-20-10-27(6)55(37)45(57)41(25(3)4)53-47(59)61-8;1-18-3-13-26(36-18)32-34-16-28(38-32)21-7-5-20(6-8-21)24-11-12-25(31-23-10-9-22(15-23)30(24)31)29-17-35-33(39-29)27-14-4-19(2)37-27;1-5(2)6(8(10)11)4-7(9)12-3/h11-14,17-18,22-27,30-31,36-37,40-41H,9-10,15-16,19-21H2,1-8H3,(H,48,50)(H,49,51)(H,52,58)(H,53,59);5-8,11-12,16-19,22-23,26-27,36-37H,3-4,9-10,13-15H2,1-2H3,(H,34,38)(H,35,39);5-6H,4H2,1-3H3,(H,10,11)/t26-,27-,30?,31?,36-,37?,40-,41-;18-,19-,22?,23?,26-,27?;6-/m000/s1. The molecule has 4 aromatic heterocycles. The molecule has 8 aromatic rings. The molecule has 24 heteroatoms. The van der Waals surface area contributed by atoms with Crippen LogP contribution in [0.25, 0.3) is 67.3 Å². The van der Waals surface area contributed by atoms with E-state index in [0.717, 1.165) is 96.5 Å². The van der Waals surface area contributed by atoms with Gasteiger partial charge in [0.2, 0.25) is 11.8 Å². The summed E-state index contributed by atoms with van der Waals surface area (Å²) in [6, 6.07) is 26.9. The Labute approximate surface area is 656 Å². The van der Waals surface area contributed by atoms with Crippen molar-refractivity contribution in [2.45, 2.75) is 250 Å². The van der Waals surface area contributed by atoms with Crippen molar-refractivity contribution in [1.82, 2.24) is 70.9 Å².